The second-order valence-corrected chi connectivity index (χ2v) is 14.5. The minimum absolute atomic E-state index is 0.00818. The third-order valence-corrected chi connectivity index (χ3v) is 7.73. The van der Waals surface area contributed by atoms with E-state index in [1.54, 1.807) is 12.1 Å². The topological polar surface area (TPSA) is 148 Å². The average Bonchev–Trinajstić information content (AvgIpc) is 3.09. The molecule has 0 fully saturated rings. The summed E-state index contributed by atoms with van der Waals surface area (Å²) in [6.07, 6.45) is -0.632. The van der Waals surface area contributed by atoms with Crippen LogP contribution < -0.4 is 20.1 Å². The Kier molecular flexibility index (Phi) is 17.8. The van der Waals surface area contributed by atoms with Gasteiger partial charge in [-0.1, -0.05) is 85.0 Å². The fraction of sp³-hybridized carbons (Fsp3) is 0.500. The van der Waals surface area contributed by atoms with Gasteiger partial charge >= 0.3 is 24.1 Å². The van der Waals surface area contributed by atoms with Gasteiger partial charge in [0.2, 0.25) is 0 Å². The predicted octanol–water partition coefficient (Wildman–Crippen LogP) is 6.92. The van der Waals surface area contributed by atoms with Gasteiger partial charge in [0.15, 0.2) is 12.2 Å². The Hall–Kier alpha value is -5.00. The molecule has 3 atom stereocenters. The number of ether oxygens (including phenoxy) is 6. The first kappa shape index (κ1) is 43.2. The molecule has 286 valence electrons. The van der Waals surface area contributed by atoms with Crippen molar-refractivity contribution in [2.24, 2.45) is 11.3 Å². The molecule has 3 unspecified atom stereocenters. The van der Waals surface area contributed by atoms with E-state index in [9.17, 15) is 19.2 Å². The summed E-state index contributed by atoms with van der Waals surface area (Å²) in [5.74, 6) is 0.125. The molecule has 0 saturated carbocycles. The summed E-state index contributed by atoms with van der Waals surface area (Å²) >= 11 is 0. The number of benzene rings is 2. The molecule has 12 nitrogen and oxygen atoms in total. The summed E-state index contributed by atoms with van der Waals surface area (Å²) in [4.78, 5) is 49.0. The summed E-state index contributed by atoms with van der Waals surface area (Å²) in [7, 11) is 0. The second-order valence-electron chi connectivity index (χ2n) is 14.5. The Balaban J connectivity index is 1.81. The van der Waals surface area contributed by atoms with E-state index >= 15 is 0 Å². The predicted molar refractivity (Wildman–Crippen MR) is 198 cm³/mol. The minimum atomic E-state index is -0.860. The third-order valence-electron chi connectivity index (χ3n) is 7.73. The van der Waals surface area contributed by atoms with Gasteiger partial charge in [0.05, 0.1) is 0 Å². The molecule has 2 N–H and O–H groups in total. The van der Waals surface area contributed by atoms with E-state index in [-0.39, 0.29) is 48.7 Å². The van der Waals surface area contributed by atoms with Crippen LogP contribution in [0.5, 0.6) is 11.5 Å². The Morgan fingerprint density at radius 1 is 0.769 bits per heavy atom. The fourth-order valence-corrected chi connectivity index (χ4v) is 4.94. The number of nitrogens with one attached hydrogen (secondary N) is 2. The standard InChI is InChI=1S/C40H56N2O10/c1-10-35(43)49-25-33(23-48-32-18-16-30(17-19-32)39(5,6)7)52-38(46)42-27-40(8,9)22-29(4)20-21-41-37(45)51-34(26-50-36(44)28(2)3)24-47-31-14-12-11-13-15-31/h10-19,29,33-34H,1-2,20-27H2,3-9H3,(H,41,45)(H,42,46). The number of esters is 2. The van der Waals surface area contributed by atoms with Crippen LogP contribution in [-0.2, 0) is 34.0 Å². The van der Waals surface area contributed by atoms with Crippen LogP contribution in [0, 0.1) is 11.3 Å². The number of para-hydroxylation sites is 1. The average molecular weight is 725 g/mol. The maximum atomic E-state index is 12.8. The van der Waals surface area contributed by atoms with Gasteiger partial charge in [-0.3, -0.25) is 0 Å². The van der Waals surface area contributed by atoms with Crippen molar-refractivity contribution >= 4 is 24.1 Å². The first-order chi connectivity index (χ1) is 24.5. The lowest BCUT2D eigenvalue weighted by Gasteiger charge is -2.29. The number of rotatable bonds is 21. The summed E-state index contributed by atoms with van der Waals surface area (Å²) in [5.41, 5.74) is 1.06. The van der Waals surface area contributed by atoms with Crippen LogP contribution in [0.3, 0.4) is 0 Å². The molecular formula is C40H56N2O10. The zero-order valence-electron chi connectivity index (χ0n) is 31.7. The maximum absolute atomic E-state index is 12.8. The van der Waals surface area contributed by atoms with Gasteiger partial charge in [0.25, 0.3) is 0 Å². The molecule has 0 radical (unpaired) electrons. The van der Waals surface area contributed by atoms with Crippen molar-refractivity contribution in [3.63, 3.8) is 0 Å². The largest absolute Gasteiger partial charge is 0.490 e. The van der Waals surface area contributed by atoms with Crippen molar-refractivity contribution in [2.75, 3.05) is 39.5 Å². The molecule has 0 spiro atoms. The van der Waals surface area contributed by atoms with Crippen molar-refractivity contribution in [2.45, 2.75) is 78.9 Å². The molecule has 0 aromatic heterocycles. The Bertz CT molecular complexity index is 1450. The first-order valence-corrected chi connectivity index (χ1v) is 17.4. The lowest BCUT2D eigenvalue weighted by atomic mass is 9.82. The van der Waals surface area contributed by atoms with Crippen molar-refractivity contribution in [3.8, 4) is 11.5 Å². The van der Waals surface area contributed by atoms with Gasteiger partial charge in [-0.25, -0.2) is 19.2 Å². The van der Waals surface area contributed by atoms with Gasteiger partial charge < -0.3 is 39.1 Å². The third kappa shape index (κ3) is 17.8. The van der Waals surface area contributed by atoms with Crippen LogP contribution in [0.2, 0.25) is 0 Å². The summed E-state index contributed by atoms with van der Waals surface area (Å²) in [6, 6.07) is 16.7. The quantitative estimate of drug-likeness (QED) is 0.0790. The molecule has 0 aliphatic heterocycles. The number of carbonyl (C=O) groups excluding carboxylic acids is 4. The summed E-state index contributed by atoms with van der Waals surface area (Å²) in [6.45, 7) is 21.2. The van der Waals surface area contributed by atoms with Crippen LogP contribution in [-0.4, -0.2) is 75.9 Å². The molecule has 0 bridgehead atoms. The highest BCUT2D eigenvalue weighted by atomic mass is 16.6. The van der Waals surface area contributed by atoms with Gasteiger partial charge in [0, 0.05) is 24.7 Å². The van der Waals surface area contributed by atoms with Gasteiger partial charge in [0.1, 0.15) is 37.9 Å². The monoisotopic (exact) mass is 724 g/mol. The number of alkyl carbamates (subject to hydrolysis) is 2. The highest BCUT2D eigenvalue weighted by Gasteiger charge is 2.25. The van der Waals surface area contributed by atoms with E-state index in [0.717, 1.165) is 18.1 Å². The zero-order valence-corrected chi connectivity index (χ0v) is 31.7. The highest BCUT2D eigenvalue weighted by molar-refractivity contribution is 5.87. The Morgan fingerprint density at radius 2 is 1.31 bits per heavy atom. The van der Waals surface area contributed by atoms with Crippen molar-refractivity contribution in [1.82, 2.24) is 10.6 Å². The Labute approximate surface area is 308 Å². The van der Waals surface area contributed by atoms with Crippen LogP contribution >= 0.6 is 0 Å². The molecular weight excluding hydrogens is 668 g/mol. The molecule has 2 aromatic carbocycles. The molecule has 0 aliphatic rings. The van der Waals surface area contributed by atoms with E-state index in [0.29, 0.717) is 31.0 Å². The molecule has 2 amide bonds. The molecule has 0 heterocycles. The normalized spacial score (nSPS) is 13.0. The number of hydrogen-bond donors (Lipinski definition) is 2. The number of carbonyl (C=O) groups is 4. The van der Waals surface area contributed by atoms with Crippen molar-refractivity contribution in [1.29, 1.82) is 0 Å². The molecule has 2 aromatic rings. The smallest absolute Gasteiger partial charge is 0.407 e. The zero-order chi connectivity index (χ0) is 38.7. The second kappa shape index (κ2) is 21.4. The summed E-state index contributed by atoms with van der Waals surface area (Å²) in [5, 5.41) is 5.56. The van der Waals surface area contributed by atoms with E-state index in [2.05, 4.69) is 51.5 Å². The molecule has 0 saturated heterocycles. The SMILES string of the molecule is C=CC(=O)OCC(COc1ccc(C(C)(C)C)cc1)OC(=O)NCC(C)(C)CC(C)CCNC(=O)OC(COC(=O)C(=C)C)COc1ccccc1. The van der Waals surface area contributed by atoms with E-state index in [4.69, 9.17) is 28.4 Å². The van der Waals surface area contributed by atoms with Crippen molar-refractivity contribution < 1.29 is 47.6 Å². The van der Waals surface area contributed by atoms with E-state index < -0.39 is 36.3 Å². The lowest BCUT2D eigenvalue weighted by Crippen LogP contribution is -2.40. The minimum Gasteiger partial charge on any atom is -0.490 e. The van der Waals surface area contributed by atoms with Crippen LogP contribution in [0.25, 0.3) is 0 Å². The van der Waals surface area contributed by atoms with Crippen LogP contribution in [0.4, 0.5) is 9.59 Å². The van der Waals surface area contributed by atoms with Crippen LogP contribution in [0.1, 0.15) is 66.9 Å². The van der Waals surface area contributed by atoms with Gasteiger partial charge in [-0.05, 0) is 66.3 Å². The Morgan fingerprint density at radius 3 is 1.85 bits per heavy atom. The van der Waals surface area contributed by atoms with E-state index in [1.165, 1.54) is 6.92 Å². The summed E-state index contributed by atoms with van der Waals surface area (Å²) < 4.78 is 32.9. The lowest BCUT2D eigenvalue weighted by molar-refractivity contribution is -0.142. The van der Waals surface area contributed by atoms with Gasteiger partial charge in [-0.2, -0.15) is 0 Å². The van der Waals surface area contributed by atoms with Crippen LogP contribution in [0.15, 0.2) is 79.4 Å². The number of amides is 2. The van der Waals surface area contributed by atoms with Gasteiger partial charge in [-0.15, -0.1) is 0 Å². The first-order valence-electron chi connectivity index (χ1n) is 17.4. The molecule has 0 aliphatic carbocycles. The fourth-order valence-electron chi connectivity index (χ4n) is 4.94. The molecule has 52 heavy (non-hydrogen) atoms. The van der Waals surface area contributed by atoms with E-state index in [1.807, 2.05) is 56.3 Å². The molecule has 2 rings (SSSR count). The van der Waals surface area contributed by atoms with Crippen molar-refractivity contribution in [3.05, 3.63) is 85.0 Å². The maximum Gasteiger partial charge on any atom is 0.407 e. The number of hydrogen-bond acceptors (Lipinski definition) is 10. The highest BCUT2D eigenvalue weighted by Crippen LogP contribution is 2.27. The molecule has 12 heteroatoms.